The van der Waals surface area contributed by atoms with Gasteiger partial charge in [-0.25, -0.2) is 24.3 Å². The predicted molar refractivity (Wildman–Crippen MR) is 86.1 cm³/mol. The van der Waals surface area contributed by atoms with Crippen LogP contribution in [0.25, 0.3) is 0 Å². The molecular formula is C10H10I3Re-2. The number of hydrogen-bond acceptors (Lipinski definition) is 0. The van der Waals surface area contributed by atoms with Crippen LogP contribution in [0.1, 0.15) is 0 Å². The van der Waals surface area contributed by atoms with E-state index in [2.05, 4.69) is 58.5 Å². The Morgan fingerprint density at radius 2 is 0.857 bits per heavy atom. The Balaban J connectivity index is 0.000000183. The SMILES string of the molecule is [I][Re]([I])[I].c1cc[cH-]c1.c1cc[cH-]c1. The van der Waals surface area contributed by atoms with Crippen molar-refractivity contribution in [3.05, 3.63) is 60.7 Å². The monoisotopic (exact) mass is 698 g/mol. The van der Waals surface area contributed by atoms with Gasteiger partial charge in [0, 0.05) is 0 Å². The molecule has 0 saturated heterocycles. The Bertz CT molecular complexity index is 187. The van der Waals surface area contributed by atoms with Crippen molar-refractivity contribution in [3.63, 3.8) is 0 Å². The van der Waals surface area contributed by atoms with Gasteiger partial charge in [-0.05, 0) is 0 Å². The summed E-state index contributed by atoms with van der Waals surface area (Å²) in [6, 6.07) is 20.0. The Morgan fingerprint density at radius 1 is 0.643 bits per heavy atom. The van der Waals surface area contributed by atoms with Crippen molar-refractivity contribution in [1.29, 1.82) is 0 Å². The molecule has 14 heavy (non-hydrogen) atoms. The quantitative estimate of drug-likeness (QED) is 0.254. The van der Waals surface area contributed by atoms with Crippen LogP contribution in [0.2, 0.25) is 0 Å². The molecule has 0 bridgehead atoms. The van der Waals surface area contributed by atoms with Gasteiger partial charge in [-0.15, -0.1) is 0 Å². The first-order valence-electron chi connectivity index (χ1n) is 3.76. The predicted octanol–water partition coefficient (Wildman–Crippen LogP) is 5.47. The summed E-state index contributed by atoms with van der Waals surface area (Å²) in [6.07, 6.45) is 0. The van der Waals surface area contributed by atoms with E-state index in [1.807, 2.05) is 60.7 Å². The van der Waals surface area contributed by atoms with Gasteiger partial charge in [0.1, 0.15) is 0 Å². The zero-order chi connectivity index (χ0) is 10.6. The average molecular weight is 697 g/mol. The zero-order valence-electron chi connectivity index (χ0n) is 7.29. The molecule has 2 aromatic rings. The molecular weight excluding hydrogens is 687 g/mol. The van der Waals surface area contributed by atoms with E-state index in [0.717, 1.165) is 0 Å². The van der Waals surface area contributed by atoms with Gasteiger partial charge < -0.3 is 0 Å². The minimum atomic E-state index is -0.553. The molecule has 2 rings (SSSR count). The van der Waals surface area contributed by atoms with E-state index in [1.165, 1.54) is 0 Å². The number of rotatable bonds is 0. The summed E-state index contributed by atoms with van der Waals surface area (Å²) in [5.41, 5.74) is 0. The Kier molecular flexibility index (Phi) is 14.0. The Labute approximate surface area is 123 Å². The summed E-state index contributed by atoms with van der Waals surface area (Å²) in [6.45, 7) is 0. The maximum absolute atomic E-state index is 2.50. The van der Waals surface area contributed by atoms with Crippen LogP contribution in [0, 0.1) is 0 Å². The molecule has 0 atom stereocenters. The van der Waals surface area contributed by atoms with Crippen molar-refractivity contribution < 1.29 is 5.92 Å². The molecule has 0 amide bonds. The molecule has 0 aliphatic rings. The second kappa shape index (κ2) is 12.6. The molecule has 0 saturated carbocycles. The van der Waals surface area contributed by atoms with E-state index in [4.69, 9.17) is 0 Å². The van der Waals surface area contributed by atoms with Crippen LogP contribution in [0.3, 0.4) is 0 Å². The molecule has 0 heterocycles. The normalized spacial score (nSPS) is 8.93. The number of halogens is 3. The Morgan fingerprint density at radius 3 is 0.929 bits per heavy atom. The molecule has 80 valence electrons. The smallest absolute Gasteiger partial charge is 0.172 e. The molecule has 4 heteroatoms. The van der Waals surface area contributed by atoms with Crippen LogP contribution < -0.4 is 0 Å². The van der Waals surface area contributed by atoms with Crippen molar-refractivity contribution in [2.45, 2.75) is 0 Å². The van der Waals surface area contributed by atoms with Crippen LogP contribution in [0.5, 0.6) is 0 Å². The van der Waals surface area contributed by atoms with E-state index in [-0.39, 0.29) is 0 Å². The van der Waals surface area contributed by atoms with Gasteiger partial charge in [0.15, 0.2) is 0 Å². The second-order valence-electron chi connectivity index (χ2n) is 2.09. The first-order valence-corrected chi connectivity index (χ1v) is 26.9. The summed E-state index contributed by atoms with van der Waals surface area (Å²) in [5.74, 6) is -0.553. The fourth-order valence-electron chi connectivity index (χ4n) is 0.642. The van der Waals surface area contributed by atoms with Crippen molar-refractivity contribution in [1.82, 2.24) is 0 Å². The molecule has 0 aromatic heterocycles. The summed E-state index contributed by atoms with van der Waals surface area (Å²) in [4.78, 5) is 0. The van der Waals surface area contributed by atoms with Gasteiger partial charge in [0.2, 0.25) is 0 Å². The third-order valence-corrected chi connectivity index (χ3v) is 1.11. The van der Waals surface area contributed by atoms with Gasteiger partial charge in [0.25, 0.3) is 0 Å². The fraction of sp³-hybridized carbons (Fsp3) is 0. The van der Waals surface area contributed by atoms with Crippen LogP contribution in [-0.2, 0) is 5.92 Å². The van der Waals surface area contributed by atoms with Crippen molar-refractivity contribution in [2.75, 3.05) is 0 Å². The fourth-order valence-corrected chi connectivity index (χ4v) is 0.642. The first-order chi connectivity index (χ1) is 6.73. The zero-order valence-corrected chi connectivity index (χ0v) is 16.5. The van der Waals surface area contributed by atoms with E-state index < -0.39 is 5.92 Å². The van der Waals surface area contributed by atoms with Crippen molar-refractivity contribution in [2.24, 2.45) is 0 Å². The van der Waals surface area contributed by atoms with Gasteiger partial charge in [-0.3, -0.25) is 0 Å². The van der Waals surface area contributed by atoms with E-state index in [1.54, 1.807) is 0 Å². The first kappa shape index (κ1) is 15.6. The van der Waals surface area contributed by atoms with Gasteiger partial charge in [-0.2, -0.15) is 36.4 Å². The number of hydrogen-bond donors (Lipinski definition) is 0. The molecule has 0 nitrogen and oxygen atoms in total. The summed E-state index contributed by atoms with van der Waals surface area (Å²) >= 11 is 7.51. The van der Waals surface area contributed by atoms with Crippen molar-refractivity contribution >= 4 is 58.5 Å². The standard InChI is InChI=1S/2C5H5.3HI.Re/c2*1-2-4-5-3-1;;;;/h2*1-5H;3*1H;/q2*-1;;;;+3/p-3. The molecule has 0 unspecified atom stereocenters. The third-order valence-electron chi connectivity index (χ3n) is 1.11. The topological polar surface area (TPSA) is 0 Å². The molecule has 0 spiro atoms. The van der Waals surface area contributed by atoms with E-state index >= 15 is 0 Å². The van der Waals surface area contributed by atoms with Crippen LogP contribution >= 0.6 is 58.5 Å². The maximum Gasteiger partial charge on any atom is -0.172 e. The molecule has 2 aromatic carbocycles. The van der Waals surface area contributed by atoms with E-state index in [9.17, 15) is 0 Å². The van der Waals surface area contributed by atoms with Crippen molar-refractivity contribution in [3.8, 4) is 0 Å². The van der Waals surface area contributed by atoms with Gasteiger partial charge in [-0.1, -0.05) is 0 Å². The van der Waals surface area contributed by atoms with E-state index in [0.29, 0.717) is 0 Å². The molecule has 0 N–H and O–H groups in total. The molecule has 0 fully saturated rings. The Hall–Kier alpha value is 1.55. The van der Waals surface area contributed by atoms with Crippen LogP contribution in [0.15, 0.2) is 60.7 Å². The average Bonchev–Trinajstić information content (AvgIpc) is 2.83. The molecule has 0 aliphatic carbocycles. The largest absolute Gasteiger partial charge is 0.214 e. The molecule has 0 aliphatic heterocycles. The second-order valence-corrected chi connectivity index (χ2v) is 61.6. The summed E-state index contributed by atoms with van der Waals surface area (Å²) < 4.78 is 0. The van der Waals surface area contributed by atoms with Crippen LogP contribution in [-0.4, -0.2) is 0 Å². The summed E-state index contributed by atoms with van der Waals surface area (Å²) in [7, 11) is 0. The third kappa shape index (κ3) is 16.0. The van der Waals surface area contributed by atoms with Crippen LogP contribution in [0.4, 0.5) is 0 Å². The minimum Gasteiger partial charge on any atom is -0.214 e. The maximum atomic E-state index is 2.50. The minimum absolute atomic E-state index is 0.553. The summed E-state index contributed by atoms with van der Waals surface area (Å²) in [5, 5.41) is 0. The van der Waals surface area contributed by atoms with Gasteiger partial charge >= 0.3 is 64.5 Å². The molecule has 0 radical (unpaired) electrons. The van der Waals surface area contributed by atoms with Gasteiger partial charge in [0.05, 0.1) is 0 Å².